The number of aromatic nitrogens is 2. The van der Waals surface area contributed by atoms with E-state index in [-0.39, 0.29) is 5.97 Å². The van der Waals surface area contributed by atoms with Gasteiger partial charge in [0, 0.05) is 24.4 Å². The molecule has 0 aliphatic heterocycles. The minimum absolute atomic E-state index is 0.142. The van der Waals surface area contributed by atoms with Crippen LogP contribution in [0.15, 0.2) is 36.7 Å². The van der Waals surface area contributed by atoms with Crippen LogP contribution in [-0.4, -0.2) is 15.9 Å². The van der Waals surface area contributed by atoms with E-state index in [1.807, 2.05) is 36.7 Å². The average molecular weight is 465 g/mol. The monoisotopic (exact) mass is 464 g/mol. The zero-order valence-electron chi connectivity index (χ0n) is 21.3. The Balaban J connectivity index is 1.30. The van der Waals surface area contributed by atoms with Crippen LogP contribution in [0.2, 0.25) is 0 Å². The summed E-state index contributed by atoms with van der Waals surface area (Å²) in [6.07, 6.45) is 24.9. The Morgan fingerprint density at radius 1 is 0.824 bits per heavy atom. The van der Waals surface area contributed by atoms with E-state index in [2.05, 4.69) is 16.9 Å². The minimum Gasteiger partial charge on any atom is -0.427 e. The van der Waals surface area contributed by atoms with Crippen LogP contribution in [-0.2, 0) is 11.2 Å². The SMILES string of the molecule is CCCCCCCCCCc1cnc(-c2ccc(OC(=O)CCCCCCC3CC3)cc2)nc1. The van der Waals surface area contributed by atoms with Crippen molar-refractivity contribution in [2.75, 3.05) is 0 Å². The summed E-state index contributed by atoms with van der Waals surface area (Å²) in [5.74, 6) is 2.17. The van der Waals surface area contributed by atoms with Gasteiger partial charge in [-0.1, -0.05) is 90.4 Å². The number of rotatable bonds is 18. The van der Waals surface area contributed by atoms with Crippen LogP contribution in [0.5, 0.6) is 5.75 Å². The Morgan fingerprint density at radius 3 is 2.12 bits per heavy atom. The summed E-state index contributed by atoms with van der Waals surface area (Å²) in [6.45, 7) is 2.26. The van der Waals surface area contributed by atoms with Gasteiger partial charge in [0.15, 0.2) is 5.82 Å². The predicted octanol–water partition coefficient (Wildman–Crippen LogP) is 8.48. The second-order valence-electron chi connectivity index (χ2n) is 10.0. The molecule has 4 nitrogen and oxygen atoms in total. The van der Waals surface area contributed by atoms with Crippen LogP contribution in [0, 0.1) is 5.92 Å². The quantitative estimate of drug-likeness (QED) is 0.126. The summed E-state index contributed by atoms with van der Waals surface area (Å²) >= 11 is 0. The molecule has 0 atom stereocenters. The topological polar surface area (TPSA) is 52.1 Å². The van der Waals surface area contributed by atoms with Gasteiger partial charge in [0.25, 0.3) is 0 Å². The molecule has 0 spiro atoms. The molecule has 1 aliphatic rings. The summed E-state index contributed by atoms with van der Waals surface area (Å²) in [7, 11) is 0. The molecule has 1 aromatic carbocycles. The van der Waals surface area contributed by atoms with E-state index in [1.54, 1.807) is 0 Å². The standard InChI is InChI=1S/C30H44N2O2/c1-2-3-4-5-6-7-8-12-15-26-23-31-30(32-24-26)27-19-21-28(22-20-27)34-29(33)16-13-10-9-11-14-25-17-18-25/h19-25H,2-18H2,1H3. The number of carbonyl (C=O) groups excluding carboxylic acids is 1. The maximum Gasteiger partial charge on any atom is 0.311 e. The third-order valence-corrected chi connectivity index (χ3v) is 6.81. The number of carbonyl (C=O) groups is 1. The van der Waals surface area contributed by atoms with Crippen molar-refractivity contribution >= 4 is 5.97 Å². The van der Waals surface area contributed by atoms with Crippen LogP contribution in [0.25, 0.3) is 11.4 Å². The number of benzene rings is 1. The van der Waals surface area contributed by atoms with Gasteiger partial charge in [0.1, 0.15) is 5.75 Å². The fraction of sp³-hybridized carbons (Fsp3) is 0.633. The van der Waals surface area contributed by atoms with Crippen LogP contribution in [0.1, 0.15) is 115 Å². The molecule has 0 bridgehead atoms. The number of hydrogen-bond donors (Lipinski definition) is 0. The van der Waals surface area contributed by atoms with Gasteiger partial charge in [-0.3, -0.25) is 4.79 Å². The van der Waals surface area contributed by atoms with Gasteiger partial charge in [0.2, 0.25) is 0 Å². The second-order valence-corrected chi connectivity index (χ2v) is 10.0. The Bertz CT molecular complexity index is 813. The first-order valence-corrected chi connectivity index (χ1v) is 13.9. The first-order chi connectivity index (χ1) is 16.7. The van der Waals surface area contributed by atoms with Gasteiger partial charge in [-0.2, -0.15) is 0 Å². The highest BCUT2D eigenvalue weighted by Gasteiger charge is 2.19. The number of hydrogen-bond acceptors (Lipinski definition) is 4. The molecule has 1 saturated carbocycles. The van der Waals surface area contributed by atoms with Crippen molar-refractivity contribution in [3.63, 3.8) is 0 Å². The summed E-state index contributed by atoms with van der Waals surface area (Å²) in [5.41, 5.74) is 2.14. The van der Waals surface area contributed by atoms with E-state index < -0.39 is 0 Å². The van der Waals surface area contributed by atoms with E-state index in [0.29, 0.717) is 18.0 Å². The minimum atomic E-state index is -0.142. The predicted molar refractivity (Wildman–Crippen MR) is 140 cm³/mol. The van der Waals surface area contributed by atoms with E-state index in [9.17, 15) is 4.79 Å². The molecule has 1 heterocycles. The molecule has 0 N–H and O–H groups in total. The van der Waals surface area contributed by atoms with Crippen LogP contribution < -0.4 is 4.74 Å². The maximum atomic E-state index is 12.1. The van der Waals surface area contributed by atoms with Crippen molar-refractivity contribution in [3.8, 4) is 17.1 Å². The third-order valence-electron chi connectivity index (χ3n) is 6.81. The molecule has 0 radical (unpaired) electrons. The molecule has 2 aromatic rings. The van der Waals surface area contributed by atoms with Gasteiger partial charge in [-0.25, -0.2) is 9.97 Å². The Kier molecular flexibility index (Phi) is 12.1. The van der Waals surface area contributed by atoms with Crippen molar-refractivity contribution < 1.29 is 9.53 Å². The van der Waals surface area contributed by atoms with E-state index in [0.717, 1.165) is 30.7 Å². The fourth-order valence-corrected chi connectivity index (χ4v) is 4.41. The maximum absolute atomic E-state index is 12.1. The van der Waals surface area contributed by atoms with Gasteiger partial charge < -0.3 is 4.74 Å². The summed E-state index contributed by atoms with van der Waals surface area (Å²) in [4.78, 5) is 21.2. The molecular formula is C30H44N2O2. The number of ether oxygens (including phenoxy) is 1. The van der Waals surface area contributed by atoms with Crippen molar-refractivity contribution in [3.05, 3.63) is 42.2 Å². The first kappa shape index (κ1) is 26.4. The summed E-state index contributed by atoms with van der Waals surface area (Å²) < 4.78 is 5.49. The molecule has 0 saturated heterocycles. The highest BCUT2D eigenvalue weighted by molar-refractivity contribution is 5.72. The van der Waals surface area contributed by atoms with E-state index in [1.165, 1.54) is 89.0 Å². The van der Waals surface area contributed by atoms with E-state index >= 15 is 0 Å². The van der Waals surface area contributed by atoms with Crippen LogP contribution >= 0.6 is 0 Å². The molecule has 0 amide bonds. The molecule has 0 unspecified atom stereocenters. The summed E-state index contributed by atoms with van der Waals surface area (Å²) in [5, 5.41) is 0. The fourth-order valence-electron chi connectivity index (χ4n) is 4.41. The molecule has 34 heavy (non-hydrogen) atoms. The van der Waals surface area contributed by atoms with E-state index in [4.69, 9.17) is 4.74 Å². The highest BCUT2D eigenvalue weighted by Crippen LogP contribution is 2.34. The van der Waals surface area contributed by atoms with Crippen molar-refractivity contribution in [1.82, 2.24) is 9.97 Å². The third kappa shape index (κ3) is 10.8. The lowest BCUT2D eigenvalue weighted by atomic mass is 10.1. The van der Waals surface area contributed by atoms with Gasteiger partial charge in [0.05, 0.1) is 0 Å². The van der Waals surface area contributed by atoms with Gasteiger partial charge >= 0.3 is 5.97 Å². The first-order valence-electron chi connectivity index (χ1n) is 13.9. The van der Waals surface area contributed by atoms with Crippen molar-refractivity contribution in [1.29, 1.82) is 0 Å². The zero-order valence-corrected chi connectivity index (χ0v) is 21.3. The molecule has 1 aliphatic carbocycles. The number of nitrogens with zero attached hydrogens (tertiary/aromatic N) is 2. The molecule has 3 rings (SSSR count). The zero-order chi connectivity index (χ0) is 23.8. The number of unbranched alkanes of at least 4 members (excludes halogenated alkanes) is 10. The van der Waals surface area contributed by atoms with Gasteiger partial charge in [-0.15, -0.1) is 0 Å². The van der Waals surface area contributed by atoms with Gasteiger partial charge in [-0.05, 0) is 55.0 Å². The largest absolute Gasteiger partial charge is 0.427 e. The Morgan fingerprint density at radius 2 is 1.44 bits per heavy atom. The second kappa shape index (κ2) is 15.6. The number of aryl methyl sites for hydroxylation is 1. The summed E-state index contributed by atoms with van der Waals surface area (Å²) in [6, 6.07) is 7.52. The lowest BCUT2D eigenvalue weighted by Crippen LogP contribution is -2.07. The highest BCUT2D eigenvalue weighted by atomic mass is 16.5. The average Bonchev–Trinajstić information content (AvgIpc) is 3.68. The molecule has 186 valence electrons. The molecule has 1 aromatic heterocycles. The molecule has 1 fully saturated rings. The van der Waals surface area contributed by atoms with Crippen molar-refractivity contribution in [2.45, 2.75) is 116 Å². The Labute approximate surface area is 206 Å². The Hall–Kier alpha value is -2.23. The molecular weight excluding hydrogens is 420 g/mol. The lowest BCUT2D eigenvalue weighted by Gasteiger charge is -2.06. The molecule has 4 heteroatoms. The van der Waals surface area contributed by atoms with Crippen LogP contribution in [0.4, 0.5) is 0 Å². The smallest absolute Gasteiger partial charge is 0.311 e. The normalized spacial score (nSPS) is 13.2. The number of esters is 1. The van der Waals surface area contributed by atoms with Crippen molar-refractivity contribution in [2.24, 2.45) is 5.92 Å². The lowest BCUT2D eigenvalue weighted by molar-refractivity contribution is -0.134. The van der Waals surface area contributed by atoms with Crippen LogP contribution in [0.3, 0.4) is 0 Å².